The molecule has 7 heteroatoms. The molecule has 0 amide bonds. The second-order valence-electron chi connectivity index (χ2n) is 5.78. The van der Waals surface area contributed by atoms with Crippen molar-refractivity contribution < 1.29 is 13.0 Å². The van der Waals surface area contributed by atoms with E-state index in [0.29, 0.717) is 14.5 Å². The van der Waals surface area contributed by atoms with Crippen LogP contribution in [0.2, 0.25) is 0 Å². The van der Waals surface area contributed by atoms with Gasteiger partial charge in [0.1, 0.15) is 0 Å². The molecule has 3 rings (SSSR count). The molecule has 0 unspecified atom stereocenters. The fraction of sp³-hybridized carbons (Fsp3) is 0.235. The van der Waals surface area contributed by atoms with Crippen LogP contribution in [0.25, 0.3) is 19.6 Å². The molecule has 0 radical (unpaired) electrons. The zero-order valence-electron chi connectivity index (χ0n) is 14.2. The molecular weight excluding hydrogens is 483 g/mol. The van der Waals surface area contributed by atoms with Crippen molar-refractivity contribution in [1.29, 1.82) is 0 Å². The molecule has 0 N–H and O–H groups in total. The first-order valence-electron chi connectivity index (χ1n) is 7.50. The summed E-state index contributed by atoms with van der Waals surface area (Å²) in [5.41, 5.74) is 2.66. The zero-order chi connectivity index (χ0) is 17.9. The number of hydrogen-bond acceptors (Lipinski definition) is 1. The van der Waals surface area contributed by atoms with E-state index in [1.165, 1.54) is 30.7 Å². The van der Waals surface area contributed by atoms with Crippen molar-refractivity contribution in [3.05, 3.63) is 47.8 Å². The summed E-state index contributed by atoms with van der Waals surface area (Å²) in [6.45, 7) is 0. The minimum atomic E-state index is -2.21. The van der Waals surface area contributed by atoms with Gasteiger partial charge in [0.25, 0.3) is 0 Å². The van der Waals surface area contributed by atoms with Crippen molar-refractivity contribution in [3.63, 3.8) is 0 Å². The summed E-state index contributed by atoms with van der Waals surface area (Å²) in [6.07, 6.45) is 0. The number of benzene rings is 2. The van der Waals surface area contributed by atoms with E-state index in [1.54, 1.807) is 0 Å². The van der Waals surface area contributed by atoms with Crippen LogP contribution in [-0.2, 0) is 13.0 Å². The van der Waals surface area contributed by atoms with Crippen LogP contribution in [-0.4, -0.2) is 42.7 Å². The van der Waals surface area contributed by atoms with E-state index in [4.69, 9.17) is 29.1 Å². The Morgan fingerprint density at radius 1 is 0.958 bits per heavy atom. The maximum atomic E-state index is 5.01. The second kappa shape index (κ2) is 9.03. The summed E-state index contributed by atoms with van der Waals surface area (Å²) in [4.78, 5) is 2.17. The molecule has 0 bridgehead atoms. The predicted octanol–water partition coefficient (Wildman–Crippen LogP) is 4.17. The number of fused-ring (bicyclic) bond motifs is 2. The quantitative estimate of drug-likeness (QED) is 0.276. The topological polar surface area (TPSA) is 6.25 Å². The Morgan fingerprint density at radius 2 is 1.62 bits per heavy atom. The summed E-state index contributed by atoms with van der Waals surface area (Å²) >= 11 is -1.82. The maximum absolute atomic E-state index is 5.01. The van der Waals surface area contributed by atoms with Crippen LogP contribution in [0.1, 0.15) is 0 Å². The van der Waals surface area contributed by atoms with Gasteiger partial charge in [0.15, 0.2) is 0 Å². The number of halogens is 3. The number of nitrogens with zero attached hydrogens (tertiary/aromatic N) is 2. The molecule has 0 saturated carbocycles. The Hall–Kier alpha value is -0.0771. The van der Waals surface area contributed by atoms with E-state index >= 15 is 0 Å². The summed E-state index contributed by atoms with van der Waals surface area (Å²) in [6, 6.07) is 15.9. The van der Waals surface area contributed by atoms with Crippen LogP contribution < -0.4 is 14.8 Å². The molecule has 1 heterocycles. The molecule has 24 heavy (non-hydrogen) atoms. The van der Waals surface area contributed by atoms with E-state index in [1.807, 2.05) is 0 Å². The summed E-state index contributed by atoms with van der Waals surface area (Å²) in [5, 5.41) is 2.66. The standard InChI is InChI=1S/C17H19N2Se.3ClH.Zn/c1-18(2)14-7-5-12-9-13-6-8-15(19(3)4)11-17(13)20-16(12)10-14;;;;/h5-11H,1-4H3;3*1H;/q+1;;;;+2/p-3. The van der Waals surface area contributed by atoms with Gasteiger partial charge < -0.3 is 0 Å². The van der Waals surface area contributed by atoms with Gasteiger partial charge in [-0.15, -0.1) is 0 Å². The van der Waals surface area contributed by atoms with Crippen molar-refractivity contribution >= 4 is 58.9 Å². The average molecular weight is 502 g/mol. The predicted molar refractivity (Wildman–Crippen MR) is 107 cm³/mol. The number of anilines is 1. The Labute approximate surface area is 166 Å². The Morgan fingerprint density at radius 3 is 2.21 bits per heavy atom. The van der Waals surface area contributed by atoms with Gasteiger partial charge in [-0.2, -0.15) is 0 Å². The van der Waals surface area contributed by atoms with Gasteiger partial charge in [0.05, 0.1) is 0 Å². The van der Waals surface area contributed by atoms with Crippen LogP contribution in [0, 0.1) is 0 Å². The fourth-order valence-corrected chi connectivity index (χ4v) is 4.58. The number of hydrogen-bond donors (Lipinski definition) is 0. The molecule has 1 aromatic carbocycles. The molecule has 2 aliphatic rings. The molecule has 0 fully saturated rings. The molecule has 0 saturated heterocycles. The van der Waals surface area contributed by atoms with Gasteiger partial charge in [0, 0.05) is 0 Å². The van der Waals surface area contributed by atoms with E-state index in [9.17, 15) is 0 Å². The van der Waals surface area contributed by atoms with Gasteiger partial charge in [-0.1, -0.05) is 0 Å². The van der Waals surface area contributed by atoms with Crippen LogP contribution in [0.4, 0.5) is 5.69 Å². The first-order valence-corrected chi connectivity index (χ1v) is 20.9. The normalized spacial score (nSPS) is 10.3. The summed E-state index contributed by atoms with van der Waals surface area (Å²) in [7, 11) is 23.4. The second-order valence-corrected chi connectivity index (χ2v) is 21.9. The monoisotopic (exact) mass is 500 g/mol. The molecular formula is C17H19Cl3N2SeZn. The van der Waals surface area contributed by atoms with Crippen LogP contribution in [0.5, 0.6) is 0 Å². The Bertz CT molecular complexity index is 870. The average Bonchev–Trinajstić information content (AvgIpc) is 2.51. The molecule has 0 atom stereocenters. The van der Waals surface area contributed by atoms with Crippen molar-refractivity contribution in [2.45, 2.75) is 0 Å². The SMILES string of the molecule is CN(C)c1ccc2cc3ccc(=[N+](C)C)cc-3[se]c2c1.[Cl][Zn-]([Cl])[Cl]. The molecule has 126 valence electrons. The summed E-state index contributed by atoms with van der Waals surface area (Å²) in [5.74, 6) is 0. The fourth-order valence-electron chi connectivity index (χ4n) is 2.30. The van der Waals surface area contributed by atoms with Gasteiger partial charge >= 0.3 is 167 Å². The molecule has 1 aromatic rings. The van der Waals surface area contributed by atoms with Gasteiger partial charge in [0.2, 0.25) is 0 Å². The Kier molecular flexibility index (Phi) is 7.62. The Balaban J connectivity index is 0.000000471. The van der Waals surface area contributed by atoms with Gasteiger partial charge in [-0.3, -0.25) is 0 Å². The molecule has 2 nitrogen and oxygen atoms in total. The van der Waals surface area contributed by atoms with E-state index < -0.39 is 13.0 Å². The van der Waals surface area contributed by atoms with Crippen LogP contribution >= 0.6 is 29.1 Å². The van der Waals surface area contributed by atoms with E-state index in [2.05, 4.69) is 80.1 Å². The van der Waals surface area contributed by atoms with Crippen LogP contribution in [0.3, 0.4) is 0 Å². The minimum absolute atomic E-state index is 0.386. The van der Waals surface area contributed by atoms with Crippen molar-refractivity contribution in [3.8, 4) is 10.0 Å². The van der Waals surface area contributed by atoms with Gasteiger partial charge in [-0.05, 0) is 0 Å². The first-order chi connectivity index (χ1) is 11.3. The number of rotatable bonds is 1. The molecule has 0 spiro atoms. The van der Waals surface area contributed by atoms with Crippen molar-refractivity contribution in [2.75, 3.05) is 33.1 Å². The molecule has 1 aliphatic carbocycles. The first kappa shape index (κ1) is 20.2. The van der Waals surface area contributed by atoms with Crippen molar-refractivity contribution in [1.82, 2.24) is 4.58 Å². The van der Waals surface area contributed by atoms with Crippen LogP contribution in [0.15, 0.2) is 42.5 Å². The third-order valence-corrected chi connectivity index (χ3v) is 5.96. The third-order valence-electron chi connectivity index (χ3n) is 3.56. The molecule has 0 aromatic heterocycles. The van der Waals surface area contributed by atoms with E-state index in [0.717, 1.165) is 0 Å². The van der Waals surface area contributed by atoms with Gasteiger partial charge in [-0.25, -0.2) is 0 Å². The third kappa shape index (κ3) is 5.46. The summed E-state index contributed by atoms with van der Waals surface area (Å²) < 4.78 is 5.13. The van der Waals surface area contributed by atoms with Crippen molar-refractivity contribution in [2.24, 2.45) is 0 Å². The zero-order valence-corrected chi connectivity index (χ0v) is 21.1. The van der Waals surface area contributed by atoms with E-state index in [-0.39, 0.29) is 0 Å². The molecule has 1 aliphatic heterocycles.